The molecule has 3 aromatic carbocycles. The summed E-state index contributed by atoms with van der Waals surface area (Å²) in [5.41, 5.74) is 1.23. The number of fused-ring (bicyclic) bond motifs is 1. The minimum atomic E-state index is -1.88. The largest absolute Gasteiger partial charge is 0.381 e. The first kappa shape index (κ1) is 27.1. The fourth-order valence-electron chi connectivity index (χ4n) is 4.78. The van der Waals surface area contributed by atoms with Gasteiger partial charge in [0.2, 0.25) is 0 Å². The molecule has 11 heteroatoms. The zero-order valence-corrected chi connectivity index (χ0v) is 22.8. The Morgan fingerprint density at radius 1 is 1.08 bits per heavy atom. The van der Waals surface area contributed by atoms with Gasteiger partial charge in [-0.1, -0.05) is 48.3 Å². The summed E-state index contributed by atoms with van der Waals surface area (Å²) in [6.45, 7) is 4.10. The number of halogens is 4. The van der Waals surface area contributed by atoms with E-state index < -0.39 is 23.3 Å². The summed E-state index contributed by atoms with van der Waals surface area (Å²) in [7, 11) is 0. The first-order valence-corrected chi connectivity index (χ1v) is 13.1. The second kappa shape index (κ2) is 10.9. The quantitative estimate of drug-likeness (QED) is 0.210. The summed E-state index contributed by atoms with van der Waals surface area (Å²) in [6.07, 6.45) is 3.34. The standard InChI is InChI=1S/C28H26Cl2F2N6O/c1-3-26-22-11-21(34-13-18-4-6-19(29)7-5-18)12-24(30)27(22)38(36-26)17(2)28(39,14-37-16-33-15-35-37)23-9-8-20(31)10-25(23)32/h4-12,15-17,34,39H,3,13-14H2,1-2H3/t17-,28-/m1/s1. The van der Waals surface area contributed by atoms with Gasteiger partial charge in [0.15, 0.2) is 0 Å². The van der Waals surface area contributed by atoms with Crippen molar-refractivity contribution in [3.63, 3.8) is 0 Å². The third-order valence-electron chi connectivity index (χ3n) is 6.90. The highest BCUT2D eigenvalue weighted by Crippen LogP contribution is 2.40. The van der Waals surface area contributed by atoms with Crippen LogP contribution in [0.3, 0.4) is 0 Å². The lowest BCUT2D eigenvalue weighted by Crippen LogP contribution is -2.41. The lowest BCUT2D eigenvalue weighted by atomic mass is 9.86. The van der Waals surface area contributed by atoms with Crippen LogP contribution in [0.15, 0.2) is 67.3 Å². The van der Waals surface area contributed by atoms with E-state index in [9.17, 15) is 9.50 Å². The van der Waals surface area contributed by atoms with E-state index in [4.69, 9.17) is 28.3 Å². The van der Waals surface area contributed by atoms with Crippen LogP contribution in [-0.4, -0.2) is 29.7 Å². The van der Waals surface area contributed by atoms with Crippen LogP contribution in [0.2, 0.25) is 10.0 Å². The molecule has 2 N–H and O–H groups in total. The minimum absolute atomic E-state index is 0.0917. The third kappa shape index (κ3) is 5.34. The van der Waals surface area contributed by atoms with Crippen LogP contribution in [0.1, 0.15) is 36.7 Å². The predicted octanol–water partition coefficient (Wildman–Crippen LogP) is 6.54. The second-order valence-corrected chi connectivity index (χ2v) is 10.2. The van der Waals surface area contributed by atoms with Crippen molar-refractivity contribution in [3.05, 3.63) is 106 Å². The molecule has 2 atom stereocenters. The number of aromatic nitrogens is 5. The Labute approximate surface area is 234 Å². The molecule has 0 aliphatic carbocycles. The smallest absolute Gasteiger partial charge is 0.137 e. The fourth-order valence-corrected chi connectivity index (χ4v) is 5.21. The maximum absolute atomic E-state index is 15.1. The van der Waals surface area contributed by atoms with E-state index in [-0.39, 0.29) is 12.1 Å². The molecule has 0 radical (unpaired) electrons. The molecule has 0 unspecified atom stereocenters. The number of nitrogens with zero attached hydrogens (tertiary/aromatic N) is 5. The predicted molar refractivity (Wildman–Crippen MR) is 148 cm³/mol. The van der Waals surface area contributed by atoms with Crippen LogP contribution in [0.25, 0.3) is 10.9 Å². The fraction of sp³-hybridized carbons (Fsp3) is 0.250. The van der Waals surface area contributed by atoms with Crippen LogP contribution in [0.5, 0.6) is 0 Å². The van der Waals surface area contributed by atoms with E-state index in [2.05, 4.69) is 15.4 Å². The van der Waals surface area contributed by atoms with Gasteiger partial charge in [-0.05, 0) is 49.2 Å². The molecule has 0 aliphatic heterocycles. The van der Waals surface area contributed by atoms with Gasteiger partial charge < -0.3 is 10.4 Å². The van der Waals surface area contributed by atoms with Crippen LogP contribution >= 0.6 is 23.2 Å². The highest BCUT2D eigenvalue weighted by atomic mass is 35.5. The monoisotopic (exact) mass is 570 g/mol. The highest BCUT2D eigenvalue weighted by molar-refractivity contribution is 6.35. The summed E-state index contributed by atoms with van der Waals surface area (Å²) in [6, 6.07) is 13.6. The van der Waals surface area contributed by atoms with E-state index in [0.717, 1.165) is 34.5 Å². The molecule has 0 bridgehead atoms. The van der Waals surface area contributed by atoms with E-state index in [1.54, 1.807) is 17.7 Å². The van der Waals surface area contributed by atoms with Crippen molar-refractivity contribution < 1.29 is 13.9 Å². The van der Waals surface area contributed by atoms with E-state index >= 15 is 4.39 Å². The Morgan fingerprint density at radius 2 is 1.85 bits per heavy atom. The Morgan fingerprint density at radius 3 is 2.51 bits per heavy atom. The Kier molecular flexibility index (Phi) is 7.57. The molecule has 5 aromatic rings. The van der Waals surface area contributed by atoms with Gasteiger partial charge in [-0.3, -0.25) is 4.68 Å². The average molecular weight is 571 g/mol. The van der Waals surface area contributed by atoms with Crippen LogP contribution in [0.4, 0.5) is 14.5 Å². The molecule has 0 fully saturated rings. The van der Waals surface area contributed by atoms with Crippen molar-refractivity contribution in [2.24, 2.45) is 0 Å². The van der Waals surface area contributed by atoms with Gasteiger partial charge in [0.1, 0.15) is 29.9 Å². The number of rotatable bonds is 9. The summed E-state index contributed by atoms with van der Waals surface area (Å²) in [4.78, 5) is 3.93. The first-order chi connectivity index (χ1) is 18.7. The summed E-state index contributed by atoms with van der Waals surface area (Å²) < 4.78 is 31.9. The molecule has 0 amide bonds. The third-order valence-corrected chi connectivity index (χ3v) is 7.44. The van der Waals surface area contributed by atoms with Crippen molar-refractivity contribution in [2.75, 3.05) is 5.32 Å². The van der Waals surface area contributed by atoms with Gasteiger partial charge in [0.25, 0.3) is 0 Å². The molecule has 2 heterocycles. The lowest BCUT2D eigenvalue weighted by molar-refractivity contribution is -0.0355. The highest BCUT2D eigenvalue weighted by Gasteiger charge is 2.41. The zero-order valence-electron chi connectivity index (χ0n) is 21.2. The summed E-state index contributed by atoms with van der Waals surface area (Å²) in [5.74, 6) is -1.62. The molecule has 0 saturated carbocycles. The van der Waals surface area contributed by atoms with Crippen molar-refractivity contribution in [3.8, 4) is 0 Å². The van der Waals surface area contributed by atoms with Crippen molar-refractivity contribution in [2.45, 2.75) is 45.0 Å². The van der Waals surface area contributed by atoms with Gasteiger partial charge in [-0.25, -0.2) is 18.4 Å². The molecule has 0 aliphatic rings. The number of benzene rings is 3. The molecular formula is C28H26Cl2F2N6O. The van der Waals surface area contributed by atoms with Gasteiger partial charge in [-0.15, -0.1) is 0 Å². The van der Waals surface area contributed by atoms with Crippen LogP contribution < -0.4 is 5.32 Å². The number of anilines is 1. The first-order valence-electron chi connectivity index (χ1n) is 12.4. The SMILES string of the molecule is CCc1nn([C@H](C)[C@](O)(Cn2cncn2)c2ccc(F)cc2F)c2c(Cl)cc(NCc3ccc(Cl)cc3)cc12. The van der Waals surface area contributed by atoms with Crippen LogP contribution in [-0.2, 0) is 25.1 Å². The molecular weight excluding hydrogens is 545 g/mol. The second-order valence-electron chi connectivity index (χ2n) is 9.40. The van der Waals surface area contributed by atoms with Crippen LogP contribution in [0, 0.1) is 11.6 Å². The van der Waals surface area contributed by atoms with E-state index in [1.165, 1.54) is 23.4 Å². The van der Waals surface area contributed by atoms with Gasteiger partial charge >= 0.3 is 0 Å². The molecule has 2 aromatic heterocycles. The lowest BCUT2D eigenvalue weighted by Gasteiger charge is -2.35. The number of nitrogens with one attached hydrogen (secondary N) is 1. The zero-order chi connectivity index (χ0) is 27.7. The molecule has 7 nitrogen and oxygen atoms in total. The van der Waals surface area contributed by atoms with Gasteiger partial charge in [0.05, 0.1) is 28.8 Å². The summed E-state index contributed by atoms with van der Waals surface area (Å²) in [5, 5.41) is 26.2. The molecule has 0 saturated heterocycles. The summed E-state index contributed by atoms with van der Waals surface area (Å²) >= 11 is 12.8. The Hall–Kier alpha value is -3.53. The number of aliphatic hydroxyl groups is 1. The topological polar surface area (TPSA) is 80.8 Å². The Balaban J connectivity index is 1.57. The molecule has 202 valence electrons. The van der Waals surface area contributed by atoms with E-state index in [1.807, 2.05) is 37.3 Å². The number of hydrogen-bond acceptors (Lipinski definition) is 5. The van der Waals surface area contributed by atoms with Gasteiger partial charge in [0, 0.05) is 34.3 Å². The number of hydrogen-bond donors (Lipinski definition) is 2. The minimum Gasteiger partial charge on any atom is -0.381 e. The normalized spacial score (nSPS) is 13.9. The molecule has 39 heavy (non-hydrogen) atoms. The molecule has 5 rings (SSSR count). The van der Waals surface area contributed by atoms with Crippen molar-refractivity contribution >= 4 is 39.8 Å². The average Bonchev–Trinajstić information content (AvgIpc) is 3.55. The Bertz CT molecular complexity index is 1610. The van der Waals surface area contributed by atoms with Crippen molar-refractivity contribution in [1.82, 2.24) is 24.5 Å². The maximum Gasteiger partial charge on any atom is 0.137 e. The number of aryl methyl sites for hydroxylation is 1. The van der Waals surface area contributed by atoms with Gasteiger partial charge in [-0.2, -0.15) is 10.2 Å². The van der Waals surface area contributed by atoms with Crippen molar-refractivity contribution in [1.29, 1.82) is 0 Å². The maximum atomic E-state index is 15.1. The molecule has 0 spiro atoms. The van der Waals surface area contributed by atoms with E-state index in [0.29, 0.717) is 28.5 Å².